The number of carbonyl (C=O) groups excluding carboxylic acids is 1. The van der Waals surface area contributed by atoms with Crippen molar-refractivity contribution in [2.45, 2.75) is 20.0 Å². The number of amides is 1. The van der Waals surface area contributed by atoms with Crippen molar-refractivity contribution in [3.63, 3.8) is 0 Å². The first-order valence-electron chi connectivity index (χ1n) is 9.09. The van der Waals surface area contributed by atoms with Gasteiger partial charge in [0.25, 0.3) is 5.91 Å². The molecule has 1 fully saturated rings. The maximum absolute atomic E-state index is 12.6. The molecule has 1 atom stereocenters. The summed E-state index contributed by atoms with van der Waals surface area (Å²) in [7, 11) is 2.08. The van der Waals surface area contributed by atoms with E-state index in [2.05, 4.69) is 40.3 Å². The summed E-state index contributed by atoms with van der Waals surface area (Å²) in [6.45, 7) is 7.73. The second-order valence-corrected chi connectivity index (χ2v) is 8.09. The molecule has 1 aromatic carbocycles. The fourth-order valence-corrected chi connectivity index (χ4v) is 3.65. The maximum Gasteiger partial charge on any atom is 0.278 e. The average Bonchev–Trinajstić information content (AvgIpc) is 3.02. The van der Waals surface area contributed by atoms with Gasteiger partial charge in [-0.1, -0.05) is 33.2 Å². The zero-order valence-corrected chi connectivity index (χ0v) is 17.0. The molecular formula is C19H27BrN4O2+2. The molecule has 0 spiro atoms. The summed E-state index contributed by atoms with van der Waals surface area (Å²) in [5, 5.41) is 4.07. The molecule has 1 aliphatic rings. The summed E-state index contributed by atoms with van der Waals surface area (Å²) in [6, 6.07) is 10.3. The van der Waals surface area contributed by atoms with E-state index >= 15 is 0 Å². The second-order valence-electron chi connectivity index (χ2n) is 7.17. The number of piperazine rings is 1. The minimum Gasteiger partial charge on any atom is -0.361 e. The minimum absolute atomic E-state index is 0.246. The van der Waals surface area contributed by atoms with E-state index in [-0.39, 0.29) is 5.91 Å². The van der Waals surface area contributed by atoms with Crippen LogP contribution in [0.3, 0.4) is 0 Å². The molecule has 1 aliphatic heterocycles. The van der Waals surface area contributed by atoms with E-state index in [0.717, 1.165) is 55.2 Å². The van der Waals surface area contributed by atoms with Crippen LogP contribution >= 0.6 is 15.9 Å². The van der Waals surface area contributed by atoms with Crippen LogP contribution in [0.4, 0.5) is 0 Å². The summed E-state index contributed by atoms with van der Waals surface area (Å²) < 4.78 is 6.21. The van der Waals surface area contributed by atoms with Crippen molar-refractivity contribution in [1.82, 2.24) is 10.1 Å². The molecule has 1 aromatic heterocycles. The topological polar surface area (TPSA) is 55.2 Å². The molecule has 2 aromatic rings. The number of hydrogen-bond donors (Lipinski definition) is 2. The largest absolute Gasteiger partial charge is 0.361 e. The Morgan fingerprint density at radius 1 is 1.31 bits per heavy atom. The predicted octanol–water partition coefficient (Wildman–Crippen LogP) is -0.312. The molecule has 0 saturated carbocycles. The average molecular weight is 423 g/mol. The van der Waals surface area contributed by atoms with Gasteiger partial charge >= 0.3 is 0 Å². The molecule has 3 rings (SSSR count). The number of carbonyl (C=O) groups is 1. The summed E-state index contributed by atoms with van der Waals surface area (Å²) in [5.74, 6) is 1.10. The van der Waals surface area contributed by atoms with Gasteiger partial charge in [0.1, 0.15) is 24.5 Å². The van der Waals surface area contributed by atoms with E-state index < -0.39 is 0 Å². The van der Waals surface area contributed by atoms with Gasteiger partial charge < -0.3 is 19.2 Å². The van der Waals surface area contributed by atoms with Crippen LogP contribution in [0.25, 0.3) is 0 Å². The van der Waals surface area contributed by atoms with Gasteiger partial charge in [-0.3, -0.25) is 4.79 Å². The Balaban J connectivity index is 1.42. The molecule has 2 N–H and O–H groups in total. The van der Waals surface area contributed by atoms with Gasteiger partial charge in [-0.25, -0.2) is 0 Å². The quantitative estimate of drug-likeness (QED) is 0.671. The highest BCUT2D eigenvalue weighted by molar-refractivity contribution is 9.10. The van der Waals surface area contributed by atoms with Crippen LogP contribution in [0.5, 0.6) is 0 Å². The zero-order chi connectivity index (χ0) is 18.5. The Hall–Kier alpha value is -1.70. The number of rotatable bonds is 6. The highest BCUT2D eigenvalue weighted by Gasteiger charge is 2.26. The molecular weight excluding hydrogens is 396 g/mol. The molecule has 1 unspecified atom stereocenters. The van der Waals surface area contributed by atoms with Crippen LogP contribution in [0.1, 0.15) is 17.0 Å². The van der Waals surface area contributed by atoms with E-state index in [0.29, 0.717) is 6.54 Å². The van der Waals surface area contributed by atoms with Crippen molar-refractivity contribution in [2.24, 2.45) is 0 Å². The van der Waals surface area contributed by atoms with E-state index in [1.807, 2.05) is 30.0 Å². The lowest BCUT2D eigenvalue weighted by molar-refractivity contribution is -0.918. The van der Waals surface area contributed by atoms with Gasteiger partial charge in [0.15, 0.2) is 6.54 Å². The number of halogens is 1. The van der Waals surface area contributed by atoms with Crippen molar-refractivity contribution in [2.75, 3.05) is 39.8 Å². The third kappa shape index (κ3) is 5.40. The molecule has 26 heavy (non-hydrogen) atoms. The van der Waals surface area contributed by atoms with Crippen molar-refractivity contribution in [1.29, 1.82) is 0 Å². The number of aromatic nitrogens is 1. The van der Waals surface area contributed by atoms with Crippen molar-refractivity contribution in [3.8, 4) is 0 Å². The Bertz CT molecular complexity index is 723. The molecule has 0 radical (unpaired) electrons. The Labute approximate surface area is 162 Å². The van der Waals surface area contributed by atoms with Gasteiger partial charge in [0.05, 0.1) is 33.2 Å². The molecule has 1 saturated heterocycles. The highest BCUT2D eigenvalue weighted by Crippen LogP contribution is 2.09. The second kappa shape index (κ2) is 8.79. The molecule has 2 heterocycles. The number of aryl methyl sites for hydroxylation is 1. The molecule has 7 heteroatoms. The van der Waals surface area contributed by atoms with Gasteiger partial charge in [0, 0.05) is 16.1 Å². The van der Waals surface area contributed by atoms with Gasteiger partial charge in [-0.15, -0.1) is 0 Å². The first-order valence-corrected chi connectivity index (χ1v) is 9.88. The van der Waals surface area contributed by atoms with E-state index in [1.165, 1.54) is 15.4 Å². The number of hydrogen-bond acceptors (Lipinski definition) is 3. The molecule has 140 valence electrons. The standard InChI is InChI=1S/C19H25BrN4O2/c1-15-11-18(21-26-15)13-23-7-9-24(10-8-23)19(25)14-22(2)12-16-3-5-17(20)6-4-16/h3-6,11H,7-10,12-14H2,1-2H3/p+2. The van der Waals surface area contributed by atoms with E-state index in [1.54, 1.807) is 0 Å². The maximum atomic E-state index is 12.6. The normalized spacial score (nSPS) is 16.7. The summed E-state index contributed by atoms with van der Waals surface area (Å²) >= 11 is 3.45. The Morgan fingerprint density at radius 2 is 2.00 bits per heavy atom. The molecule has 0 aliphatic carbocycles. The summed E-state index contributed by atoms with van der Waals surface area (Å²) in [5.41, 5.74) is 2.24. The zero-order valence-electron chi connectivity index (χ0n) is 15.4. The lowest BCUT2D eigenvalue weighted by Crippen LogP contribution is -3.14. The number of nitrogens with zero attached hydrogens (tertiary/aromatic N) is 2. The van der Waals surface area contributed by atoms with Crippen LogP contribution in [-0.2, 0) is 17.9 Å². The number of quaternary nitrogens is 2. The summed E-state index contributed by atoms with van der Waals surface area (Å²) in [6.07, 6.45) is 0. The Kier molecular flexibility index (Phi) is 6.45. The van der Waals surface area contributed by atoms with Crippen LogP contribution in [0.2, 0.25) is 0 Å². The van der Waals surface area contributed by atoms with Crippen LogP contribution < -0.4 is 9.80 Å². The van der Waals surface area contributed by atoms with Gasteiger partial charge in [0.2, 0.25) is 0 Å². The van der Waals surface area contributed by atoms with Crippen molar-refractivity contribution >= 4 is 21.8 Å². The molecule has 0 bridgehead atoms. The van der Waals surface area contributed by atoms with Crippen LogP contribution in [0.15, 0.2) is 39.3 Å². The third-order valence-corrected chi connectivity index (χ3v) is 5.33. The first-order chi connectivity index (χ1) is 12.5. The highest BCUT2D eigenvalue weighted by atomic mass is 79.9. The monoisotopic (exact) mass is 422 g/mol. The Morgan fingerprint density at radius 3 is 2.62 bits per heavy atom. The van der Waals surface area contributed by atoms with Crippen LogP contribution in [-0.4, -0.2) is 55.7 Å². The number of likely N-dealkylation sites (N-methyl/N-ethyl adjacent to an activating group) is 1. The first kappa shape index (κ1) is 19.1. The fraction of sp³-hybridized carbons (Fsp3) is 0.474. The SMILES string of the molecule is Cc1cc(C[NH+]2CCN(C(=O)C[NH+](C)Cc3ccc(Br)cc3)CC2)no1. The minimum atomic E-state index is 0.246. The fourth-order valence-electron chi connectivity index (χ4n) is 3.39. The van der Waals surface area contributed by atoms with Gasteiger partial charge in [-0.05, 0) is 19.1 Å². The summed E-state index contributed by atoms with van der Waals surface area (Å²) in [4.78, 5) is 17.3. The molecule has 6 nitrogen and oxygen atoms in total. The lowest BCUT2D eigenvalue weighted by atomic mass is 10.2. The lowest BCUT2D eigenvalue weighted by Gasteiger charge is -2.32. The van der Waals surface area contributed by atoms with E-state index in [4.69, 9.17) is 4.52 Å². The predicted molar refractivity (Wildman–Crippen MR) is 102 cm³/mol. The number of benzene rings is 1. The van der Waals surface area contributed by atoms with E-state index in [9.17, 15) is 4.79 Å². The smallest absolute Gasteiger partial charge is 0.278 e. The third-order valence-electron chi connectivity index (χ3n) is 4.80. The van der Waals surface area contributed by atoms with Crippen molar-refractivity contribution < 1.29 is 19.1 Å². The van der Waals surface area contributed by atoms with Crippen molar-refractivity contribution in [3.05, 3.63) is 51.8 Å². The number of nitrogens with one attached hydrogen (secondary N) is 2. The van der Waals surface area contributed by atoms with Crippen LogP contribution in [0, 0.1) is 6.92 Å². The molecule has 1 amide bonds. The van der Waals surface area contributed by atoms with Gasteiger partial charge in [-0.2, -0.15) is 0 Å².